The van der Waals surface area contributed by atoms with Gasteiger partial charge in [-0.3, -0.25) is 0 Å². The van der Waals surface area contributed by atoms with Crippen LogP contribution in [0.25, 0.3) is 0 Å². The molecule has 0 saturated carbocycles. The van der Waals surface area contributed by atoms with Crippen LogP contribution in [0.3, 0.4) is 0 Å². The Bertz CT molecular complexity index is 49.4. The lowest BCUT2D eigenvalue weighted by atomic mass is 18.9. The summed E-state index contributed by atoms with van der Waals surface area (Å²) < 4.78 is 12.7. The van der Waals surface area contributed by atoms with Crippen LogP contribution in [0, 0.1) is 0 Å². The minimum atomic E-state index is -1.22. The van der Waals surface area contributed by atoms with Crippen molar-refractivity contribution in [1.29, 1.82) is 0 Å². The molecule has 8 heteroatoms. The maximum absolute atomic E-state index is 12.7. The molecule has 0 aliphatic rings. The van der Waals surface area contributed by atoms with Gasteiger partial charge in [0.05, 0.1) is 0 Å². The second-order valence-corrected chi connectivity index (χ2v) is 24.3. The molecule has 0 aliphatic carbocycles. The number of halogens is 1. The molecule has 0 rings (SSSR count). The fourth-order valence-corrected chi connectivity index (χ4v) is 29.0. The second-order valence-electron chi connectivity index (χ2n) is 1.00. The molecule has 4 unspecified atom stereocenters. The highest BCUT2D eigenvalue weighted by Gasteiger charge is 2.15. The van der Waals surface area contributed by atoms with Gasteiger partial charge in [0.15, 0.2) is 0 Å². The summed E-state index contributed by atoms with van der Waals surface area (Å²) in [5, 5.41) is 0. The minimum Gasteiger partial charge on any atom is -0.216 e. The summed E-state index contributed by atoms with van der Waals surface area (Å²) in [6.07, 6.45) is 0. The monoisotopic (exact) mass is 244 g/mol. The molecule has 50 valence electrons. The molecule has 0 nitrogen and oxygen atoms in total. The zero-order valence-corrected chi connectivity index (χ0v) is 11.3. The van der Waals surface area contributed by atoms with Gasteiger partial charge in [0, 0.05) is 0 Å². The van der Waals surface area contributed by atoms with Gasteiger partial charge >= 0.3 is 0 Å². The molecular weight excluding hydrogens is 236 g/mol. The van der Waals surface area contributed by atoms with E-state index in [0.29, 0.717) is 0 Å². The van der Waals surface area contributed by atoms with Crippen LogP contribution >= 0.6 is 57.3 Å². The summed E-state index contributed by atoms with van der Waals surface area (Å²) in [6.45, 7) is -0.965. The molecule has 0 N–H and O–H groups in total. The van der Waals surface area contributed by atoms with Gasteiger partial charge in [0.1, 0.15) is 7.61 Å². The Morgan fingerprint density at radius 2 is 1.12 bits per heavy atom. The molecule has 0 aromatic heterocycles. The highest BCUT2D eigenvalue weighted by atomic mass is 33.0. The van der Waals surface area contributed by atoms with Crippen LogP contribution in [0.1, 0.15) is 0 Å². The number of hydrogen-bond acceptors (Lipinski definition) is 0. The molecule has 0 spiro atoms. The van der Waals surface area contributed by atoms with E-state index in [1.54, 1.807) is 0 Å². The second kappa shape index (κ2) is 5.57. The maximum Gasteiger partial charge on any atom is 0.144 e. The van der Waals surface area contributed by atoms with Crippen LogP contribution in [0.15, 0.2) is 0 Å². The predicted molar refractivity (Wildman–Crippen MR) is 60.7 cm³/mol. The SMILES string of the molecule is FP(P(P)P)P(P)P. The number of rotatable bonds is 2. The predicted octanol–water partition coefficient (Wildman–Crippen LogP) is 4.31. The van der Waals surface area contributed by atoms with E-state index in [-0.39, 0.29) is 0 Å². The smallest absolute Gasteiger partial charge is 0.144 e. The van der Waals surface area contributed by atoms with E-state index in [9.17, 15) is 4.20 Å². The average Bonchev–Trinajstić information content (AvgIpc) is 1.64. The van der Waals surface area contributed by atoms with Crippen molar-refractivity contribution in [1.82, 2.24) is 0 Å². The highest BCUT2D eigenvalue weighted by Crippen LogP contribution is 2.98. The van der Waals surface area contributed by atoms with Gasteiger partial charge in [-0.1, -0.05) is 35.7 Å². The average molecular weight is 244 g/mol. The van der Waals surface area contributed by atoms with Crippen LogP contribution in [0.2, 0.25) is 0 Å². The summed E-state index contributed by atoms with van der Waals surface area (Å²) in [4.78, 5) is 0. The molecule has 0 saturated heterocycles. The van der Waals surface area contributed by atoms with Crippen LogP contribution < -0.4 is 0 Å². The van der Waals surface area contributed by atoms with Crippen molar-refractivity contribution in [3.63, 3.8) is 0 Å². The Kier molecular flexibility index (Phi) is 7.62. The van der Waals surface area contributed by atoms with Gasteiger partial charge in [-0.05, 0) is 14.0 Å². The van der Waals surface area contributed by atoms with Crippen molar-refractivity contribution in [3.05, 3.63) is 0 Å². The lowest BCUT2D eigenvalue weighted by molar-refractivity contribution is 0.931. The lowest BCUT2D eigenvalue weighted by Gasteiger charge is -2.13. The van der Waals surface area contributed by atoms with Gasteiger partial charge in [-0.25, -0.2) is 4.20 Å². The minimum absolute atomic E-state index is 0.483. The van der Waals surface area contributed by atoms with E-state index in [4.69, 9.17) is 0 Å². The third-order valence-corrected chi connectivity index (χ3v) is 21.4. The van der Waals surface area contributed by atoms with Gasteiger partial charge < -0.3 is 0 Å². The van der Waals surface area contributed by atoms with Crippen LogP contribution in [-0.4, -0.2) is 0 Å². The molecule has 0 bridgehead atoms. The molecule has 0 aliphatic heterocycles. The molecule has 0 heterocycles. The highest BCUT2D eigenvalue weighted by molar-refractivity contribution is 8.96. The molecular formula is H8FP7. The Balaban J connectivity index is 3.46. The summed E-state index contributed by atoms with van der Waals surface area (Å²) in [5.74, 6) is 0. The quantitative estimate of drug-likeness (QED) is 0.635. The lowest BCUT2D eigenvalue weighted by Crippen LogP contribution is -1.31. The van der Waals surface area contributed by atoms with Gasteiger partial charge in [-0.2, -0.15) is 0 Å². The van der Waals surface area contributed by atoms with Crippen LogP contribution in [0.5, 0.6) is 0 Å². The Labute approximate surface area is 61.9 Å². The molecule has 4 atom stereocenters. The topological polar surface area (TPSA) is 0 Å². The summed E-state index contributed by atoms with van der Waals surface area (Å²) in [7, 11) is 8.83. The first kappa shape index (κ1) is 10.9. The molecule has 0 amide bonds. The number of hydrogen-bond donors (Lipinski definition) is 0. The zero-order valence-electron chi connectivity index (χ0n) is 4.03. The fraction of sp³-hybridized carbons (Fsp3) is 0. The molecule has 0 aromatic carbocycles. The fourth-order valence-electron chi connectivity index (χ4n) is 0.119. The summed E-state index contributed by atoms with van der Waals surface area (Å²) in [5.41, 5.74) is 0. The maximum atomic E-state index is 12.7. The van der Waals surface area contributed by atoms with Crippen molar-refractivity contribution in [2.45, 2.75) is 0 Å². The molecule has 0 fully saturated rings. The Morgan fingerprint density at radius 3 is 1.12 bits per heavy atom. The van der Waals surface area contributed by atoms with E-state index < -0.39 is 21.6 Å². The zero-order chi connectivity index (χ0) is 6.73. The third kappa shape index (κ3) is 4.71. The van der Waals surface area contributed by atoms with Gasteiger partial charge in [0.2, 0.25) is 0 Å². The molecule has 0 aromatic rings. The van der Waals surface area contributed by atoms with E-state index in [1.165, 1.54) is 0 Å². The largest absolute Gasteiger partial charge is 0.216 e. The first-order chi connectivity index (χ1) is 3.55. The van der Waals surface area contributed by atoms with Gasteiger partial charge in [0.25, 0.3) is 0 Å². The molecule has 8 heavy (non-hydrogen) atoms. The van der Waals surface area contributed by atoms with Crippen LogP contribution in [0.4, 0.5) is 4.20 Å². The van der Waals surface area contributed by atoms with Crippen LogP contribution in [-0.2, 0) is 0 Å². The molecule has 0 radical (unpaired) electrons. The summed E-state index contributed by atoms with van der Waals surface area (Å²) >= 11 is 0. The Morgan fingerprint density at radius 1 is 0.875 bits per heavy atom. The Hall–Kier alpha value is 2.94. The standard InChI is InChI=1S/FH8P7/c1-6(7(2)3)8(4)5/h2-5H2. The van der Waals surface area contributed by atoms with E-state index in [2.05, 4.69) is 35.7 Å². The van der Waals surface area contributed by atoms with Crippen molar-refractivity contribution < 1.29 is 4.20 Å². The normalized spacial score (nSPS) is 12.0. The first-order valence-corrected chi connectivity index (χ1v) is 13.4. The van der Waals surface area contributed by atoms with E-state index in [1.807, 2.05) is 0 Å². The van der Waals surface area contributed by atoms with Crippen molar-refractivity contribution in [3.8, 4) is 0 Å². The summed E-state index contributed by atoms with van der Waals surface area (Å²) in [6, 6.07) is 0. The third-order valence-electron chi connectivity index (χ3n) is 0.381. The van der Waals surface area contributed by atoms with E-state index in [0.717, 1.165) is 0 Å². The van der Waals surface area contributed by atoms with Gasteiger partial charge in [-0.15, -0.1) is 0 Å². The van der Waals surface area contributed by atoms with Crippen molar-refractivity contribution >= 4 is 57.3 Å². The van der Waals surface area contributed by atoms with Crippen molar-refractivity contribution in [2.24, 2.45) is 0 Å². The first-order valence-electron chi connectivity index (χ1n) is 1.60. The van der Waals surface area contributed by atoms with Crippen molar-refractivity contribution in [2.75, 3.05) is 0 Å². The van der Waals surface area contributed by atoms with E-state index >= 15 is 0 Å².